The number of nitrogens with zero attached hydrogens (tertiary/aromatic N) is 1. The van der Waals surface area contributed by atoms with Gasteiger partial charge < -0.3 is 16.2 Å². The van der Waals surface area contributed by atoms with E-state index in [0.29, 0.717) is 12.1 Å². The molecule has 1 atom stereocenters. The number of nitrogens with one attached hydrogen (secondary N) is 1. The zero-order chi connectivity index (χ0) is 14.4. The summed E-state index contributed by atoms with van der Waals surface area (Å²) >= 11 is 0. The second-order valence-electron chi connectivity index (χ2n) is 4.11. The molecule has 1 aromatic rings. The molecule has 1 unspecified atom stereocenters. The van der Waals surface area contributed by atoms with Crippen molar-refractivity contribution >= 4 is 17.3 Å². The maximum absolute atomic E-state index is 11.3. The second kappa shape index (κ2) is 6.69. The fourth-order valence-electron chi connectivity index (χ4n) is 1.73. The van der Waals surface area contributed by atoms with Crippen molar-refractivity contribution in [3.8, 4) is 0 Å². The molecule has 0 fully saturated rings. The number of nitro benzene ring substituents is 1. The smallest absolute Gasteiger partial charge is 0.270 e. The number of hydrogen-bond donors (Lipinski definition) is 3. The molecule has 1 aromatic carbocycles. The number of nitro groups is 1. The van der Waals surface area contributed by atoms with Crippen LogP contribution in [0, 0.1) is 10.1 Å². The number of non-ortho nitro benzene ring substituents is 1. The molecule has 7 nitrogen and oxygen atoms in total. The number of carbonyl (C=O) groups excluding carboxylic acids is 1. The molecule has 0 aliphatic heterocycles. The molecule has 0 spiro atoms. The summed E-state index contributed by atoms with van der Waals surface area (Å²) in [6.45, 7) is 1.95. The van der Waals surface area contributed by atoms with Gasteiger partial charge in [-0.25, -0.2) is 0 Å². The van der Waals surface area contributed by atoms with Crippen LogP contribution in [-0.4, -0.2) is 28.6 Å². The molecule has 0 radical (unpaired) electrons. The fraction of sp³-hybridized carbons (Fsp3) is 0.417. The number of rotatable bonds is 7. The molecule has 104 valence electrons. The first-order valence-electron chi connectivity index (χ1n) is 5.95. The Hall–Kier alpha value is -2.15. The van der Waals surface area contributed by atoms with Gasteiger partial charge in [-0.3, -0.25) is 14.9 Å². The van der Waals surface area contributed by atoms with Crippen LogP contribution in [-0.2, 0) is 0 Å². The van der Waals surface area contributed by atoms with Crippen molar-refractivity contribution < 1.29 is 14.8 Å². The van der Waals surface area contributed by atoms with Crippen molar-refractivity contribution in [1.29, 1.82) is 0 Å². The van der Waals surface area contributed by atoms with Crippen molar-refractivity contribution in [3.05, 3.63) is 33.9 Å². The highest BCUT2D eigenvalue weighted by Gasteiger charge is 2.16. The number of primary amides is 1. The van der Waals surface area contributed by atoms with Gasteiger partial charge in [-0.05, 0) is 18.9 Å². The van der Waals surface area contributed by atoms with E-state index in [-0.39, 0.29) is 23.9 Å². The molecule has 0 saturated heterocycles. The molecule has 0 heterocycles. The Bertz CT molecular complexity index is 476. The first-order valence-corrected chi connectivity index (χ1v) is 5.95. The van der Waals surface area contributed by atoms with E-state index in [2.05, 4.69) is 5.32 Å². The summed E-state index contributed by atoms with van der Waals surface area (Å²) in [5.74, 6) is -0.731. The summed E-state index contributed by atoms with van der Waals surface area (Å²) in [6.07, 6.45) is 1.27. The second-order valence-corrected chi connectivity index (χ2v) is 4.11. The monoisotopic (exact) mass is 267 g/mol. The van der Waals surface area contributed by atoms with Crippen molar-refractivity contribution in [1.82, 2.24) is 0 Å². The number of anilines is 1. The third kappa shape index (κ3) is 3.92. The van der Waals surface area contributed by atoms with E-state index in [9.17, 15) is 14.9 Å². The summed E-state index contributed by atoms with van der Waals surface area (Å²) < 4.78 is 0. The first kappa shape index (κ1) is 14.9. The maximum Gasteiger partial charge on any atom is 0.270 e. The average molecular weight is 267 g/mol. The first-order chi connectivity index (χ1) is 8.99. The van der Waals surface area contributed by atoms with E-state index in [1.807, 2.05) is 6.92 Å². The summed E-state index contributed by atoms with van der Waals surface area (Å²) in [6, 6.07) is 3.89. The van der Waals surface area contributed by atoms with Gasteiger partial charge >= 0.3 is 0 Å². The largest absolute Gasteiger partial charge is 0.396 e. The number of carbonyl (C=O) groups is 1. The Morgan fingerprint density at radius 2 is 2.26 bits per heavy atom. The van der Waals surface area contributed by atoms with E-state index < -0.39 is 10.8 Å². The van der Waals surface area contributed by atoms with Crippen LogP contribution < -0.4 is 11.1 Å². The standard InChI is InChI=1S/C12H17N3O4/c1-2-8(5-6-16)14-11-4-3-9(15(18)19)7-10(11)12(13)17/h3-4,7-8,14,16H,2,5-6H2,1H3,(H2,13,17). The summed E-state index contributed by atoms with van der Waals surface area (Å²) in [5, 5.41) is 22.7. The van der Waals surface area contributed by atoms with Crippen LogP contribution in [0.4, 0.5) is 11.4 Å². The molecule has 7 heteroatoms. The quantitative estimate of drug-likeness (QED) is 0.507. The molecule has 0 saturated carbocycles. The van der Waals surface area contributed by atoms with E-state index >= 15 is 0 Å². The van der Waals surface area contributed by atoms with Gasteiger partial charge in [-0.2, -0.15) is 0 Å². The minimum atomic E-state index is -0.731. The number of aliphatic hydroxyl groups excluding tert-OH is 1. The van der Waals surface area contributed by atoms with E-state index in [1.54, 1.807) is 0 Å². The number of benzene rings is 1. The van der Waals surface area contributed by atoms with Crippen LogP contribution in [0.5, 0.6) is 0 Å². The minimum absolute atomic E-state index is 0.0182. The molecular formula is C12H17N3O4. The summed E-state index contributed by atoms with van der Waals surface area (Å²) in [4.78, 5) is 21.4. The third-order valence-electron chi connectivity index (χ3n) is 2.81. The average Bonchev–Trinajstić information content (AvgIpc) is 2.37. The molecule has 1 amide bonds. The summed E-state index contributed by atoms with van der Waals surface area (Å²) in [7, 11) is 0. The van der Waals surface area contributed by atoms with Gasteiger partial charge in [0.25, 0.3) is 11.6 Å². The zero-order valence-corrected chi connectivity index (χ0v) is 10.6. The lowest BCUT2D eigenvalue weighted by Gasteiger charge is -2.18. The van der Waals surface area contributed by atoms with Crippen LogP contribution in [0.3, 0.4) is 0 Å². The Morgan fingerprint density at radius 3 is 2.74 bits per heavy atom. The molecule has 0 aromatic heterocycles. The van der Waals surface area contributed by atoms with Crippen LogP contribution in [0.1, 0.15) is 30.1 Å². The number of aliphatic hydroxyl groups is 1. The van der Waals surface area contributed by atoms with Gasteiger partial charge in [0.15, 0.2) is 0 Å². The van der Waals surface area contributed by atoms with Crippen molar-refractivity contribution in [3.63, 3.8) is 0 Å². The highest BCUT2D eigenvalue weighted by Crippen LogP contribution is 2.23. The highest BCUT2D eigenvalue weighted by molar-refractivity contribution is 5.99. The number of nitrogens with two attached hydrogens (primary N) is 1. The van der Waals surface area contributed by atoms with Gasteiger partial charge in [0.05, 0.1) is 10.5 Å². The predicted molar refractivity (Wildman–Crippen MR) is 71.0 cm³/mol. The molecular weight excluding hydrogens is 250 g/mol. The predicted octanol–water partition coefficient (Wildman–Crippen LogP) is 1.27. The van der Waals surface area contributed by atoms with Crippen LogP contribution in [0.2, 0.25) is 0 Å². The lowest BCUT2D eigenvalue weighted by atomic mass is 10.1. The number of hydrogen-bond acceptors (Lipinski definition) is 5. The van der Waals surface area contributed by atoms with Gasteiger partial charge in [-0.1, -0.05) is 6.92 Å². The molecule has 0 bridgehead atoms. The Balaban J connectivity index is 3.06. The molecule has 1 rings (SSSR count). The molecule has 0 aliphatic rings. The Morgan fingerprint density at radius 1 is 1.58 bits per heavy atom. The van der Waals surface area contributed by atoms with Crippen LogP contribution >= 0.6 is 0 Å². The topological polar surface area (TPSA) is 118 Å². The Labute approximate surface area is 110 Å². The van der Waals surface area contributed by atoms with E-state index in [1.165, 1.54) is 12.1 Å². The van der Waals surface area contributed by atoms with Crippen molar-refractivity contribution in [2.75, 3.05) is 11.9 Å². The fourth-order valence-corrected chi connectivity index (χ4v) is 1.73. The van der Waals surface area contributed by atoms with Crippen LogP contribution in [0.25, 0.3) is 0 Å². The number of amides is 1. The van der Waals surface area contributed by atoms with Crippen LogP contribution in [0.15, 0.2) is 18.2 Å². The lowest BCUT2D eigenvalue weighted by Crippen LogP contribution is -2.23. The maximum atomic E-state index is 11.3. The molecule has 0 aliphatic carbocycles. The summed E-state index contributed by atoms with van der Waals surface area (Å²) in [5.41, 5.74) is 5.56. The normalized spacial score (nSPS) is 11.9. The van der Waals surface area contributed by atoms with E-state index in [0.717, 1.165) is 12.5 Å². The highest BCUT2D eigenvalue weighted by atomic mass is 16.6. The molecule has 19 heavy (non-hydrogen) atoms. The zero-order valence-electron chi connectivity index (χ0n) is 10.6. The van der Waals surface area contributed by atoms with Gasteiger partial charge in [0.1, 0.15) is 0 Å². The SMILES string of the molecule is CCC(CCO)Nc1ccc([N+](=O)[O-])cc1C(N)=O. The lowest BCUT2D eigenvalue weighted by molar-refractivity contribution is -0.384. The van der Waals surface area contributed by atoms with Gasteiger partial charge in [0, 0.05) is 30.5 Å². The minimum Gasteiger partial charge on any atom is -0.396 e. The molecule has 4 N–H and O–H groups in total. The van der Waals surface area contributed by atoms with E-state index in [4.69, 9.17) is 10.8 Å². The Kier molecular flexibility index (Phi) is 5.25. The third-order valence-corrected chi connectivity index (χ3v) is 2.81. The van der Waals surface area contributed by atoms with Crippen molar-refractivity contribution in [2.24, 2.45) is 5.73 Å². The van der Waals surface area contributed by atoms with Crippen molar-refractivity contribution in [2.45, 2.75) is 25.8 Å². The van der Waals surface area contributed by atoms with Gasteiger partial charge in [-0.15, -0.1) is 0 Å². The van der Waals surface area contributed by atoms with Gasteiger partial charge in [0.2, 0.25) is 0 Å².